The molecular formula is C15H20N4OS2. The molecule has 0 aliphatic carbocycles. The molecule has 0 radical (unpaired) electrons. The lowest BCUT2D eigenvalue weighted by molar-refractivity contribution is 0.188. The van der Waals surface area contributed by atoms with E-state index in [2.05, 4.69) is 29.4 Å². The Labute approximate surface area is 138 Å². The van der Waals surface area contributed by atoms with Crippen molar-refractivity contribution in [2.75, 3.05) is 18.4 Å². The first-order valence-corrected chi connectivity index (χ1v) is 9.21. The topological polar surface area (TPSA) is 58.1 Å². The summed E-state index contributed by atoms with van der Waals surface area (Å²) in [7, 11) is 0. The SMILES string of the molecule is CC1(C)CCCCN(C(=O)Nc2nnc(-c3ccsc3)s2)C1. The smallest absolute Gasteiger partial charge is 0.323 e. The second-order valence-corrected chi connectivity index (χ2v) is 8.15. The van der Waals surface area contributed by atoms with Crippen LogP contribution in [-0.2, 0) is 0 Å². The summed E-state index contributed by atoms with van der Waals surface area (Å²) in [4.78, 5) is 14.4. The number of likely N-dealkylation sites (tertiary alicyclic amines) is 1. The van der Waals surface area contributed by atoms with Crippen LogP contribution in [0.5, 0.6) is 0 Å². The van der Waals surface area contributed by atoms with Gasteiger partial charge in [-0.1, -0.05) is 31.6 Å². The van der Waals surface area contributed by atoms with Crippen molar-refractivity contribution < 1.29 is 4.79 Å². The van der Waals surface area contributed by atoms with E-state index in [9.17, 15) is 4.79 Å². The second-order valence-electron chi connectivity index (χ2n) is 6.40. The predicted molar refractivity (Wildman–Crippen MR) is 91.4 cm³/mol. The zero-order valence-electron chi connectivity index (χ0n) is 12.8. The van der Waals surface area contributed by atoms with Gasteiger partial charge in [-0.15, -0.1) is 10.2 Å². The van der Waals surface area contributed by atoms with Crippen LogP contribution in [0.2, 0.25) is 0 Å². The number of nitrogens with one attached hydrogen (secondary N) is 1. The molecule has 0 bridgehead atoms. The molecule has 22 heavy (non-hydrogen) atoms. The number of aromatic nitrogens is 2. The van der Waals surface area contributed by atoms with E-state index in [1.807, 2.05) is 21.7 Å². The molecule has 1 fully saturated rings. The summed E-state index contributed by atoms with van der Waals surface area (Å²) >= 11 is 3.04. The van der Waals surface area contributed by atoms with Gasteiger partial charge in [0.25, 0.3) is 0 Å². The van der Waals surface area contributed by atoms with Crippen LogP contribution in [0.15, 0.2) is 16.8 Å². The van der Waals surface area contributed by atoms with E-state index in [1.165, 1.54) is 17.8 Å². The van der Waals surface area contributed by atoms with Gasteiger partial charge in [0.2, 0.25) is 5.13 Å². The van der Waals surface area contributed by atoms with E-state index in [1.54, 1.807) is 11.3 Å². The third kappa shape index (κ3) is 3.64. The zero-order chi connectivity index (χ0) is 15.6. The Morgan fingerprint density at radius 2 is 2.23 bits per heavy atom. The predicted octanol–water partition coefficient (Wildman–Crippen LogP) is 4.31. The van der Waals surface area contributed by atoms with Gasteiger partial charge in [0.15, 0.2) is 0 Å². The average Bonchev–Trinajstić information content (AvgIpc) is 3.09. The molecule has 0 atom stereocenters. The number of amides is 2. The van der Waals surface area contributed by atoms with E-state index >= 15 is 0 Å². The van der Waals surface area contributed by atoms with Crippen LogP contribution in [-0.4, -0.2) is 34.2 Å². The maximum Gasteiger partial charge on any atom is 0.323 e. The van der Waals surface area contributed by atoms with Gasteiger partial charge in [-0.25, -0.2) is 4.79 Å². The fourth-order valence-corrected chi connectivity index (χ4v) is 4.15. The van der Waals surface area contributed by atoms with Crippen LogP contribution in [0.3, 0.4) is 0 Å². The van der Waals surface area contributed by atoms with Gasteiger partial charge in [0.05, 0.1) is 0 Å². The summed E-state index contributed by atoms with van der Waals surface area (Å²) in [5.74, 6) is 0. The third-order valence-electron chi connectivity index (χ3n) is 3.84. The minimum atomic E-state index is -0.0667. The third-order valence-corrected chi connectivity index (χ3v) is 5.42. The Bertz CT molecular complexity index is 636. The van der Waals surface area contributed by atoms with Crippen LogP contribution in [0.1, 0.15) is 33.1 Å². The Balaban J connectivity index is 1.66. The number of hydrogen-bond donors (Lipinski definition) is 1. The van der Waals surface area contributed by atoms with Gasteiger partial charge >= 0.3 is 6.03 Å². The molecule has 5 nitrogen and oxygen atoms in total. The molecule has 2 amide bonds. The van der Waals surface area contributed by atoms with Gasteiger partial charge in [0, 0.05) is 24.0 Å². The fraction of sp³-hybridized carbons (Fsp3) is 0.533. The minimum Gasteiger partial charge on any atom is -0.324 e. The summed E-state index contributed by atoms with van der Waals surface area (Å²) in [5.41, 5.74) is 1.23. The Morgan fingerprint density at radius 1 is 1.36 bits per heavy atom. The molecule has 1 saturated heterocycles. The Hall–Kier alpha value is -1.47. The van der Waals surface area contributed by atoms with Gasteiger partial charge in [-0.05, 0) is 29.7 Å². The van der Waals surface area contributed by atoms with Crippen molar-refractivity contribution in [3.05, 3.63) is 16.8 Å². The van der Waals surface area contributed by atoms with Crippen LogP contribution in [0, 0.1) is 5.41 Å². The van der Waals surface area contributed by atoms with Crippen molar-refractivity contribution in [3.8, 4) is 10.6 Å². The van der Waals surface area contributed by atoms with Crippen LogP contribution < -0.4 is 5.32 Å². The monoisotopic (exact) mass is 336 g/mol. The molecule has 2 aromatic rings. The number of hydrogen-bond acceptors (Lipinski definition) is 5. The molecule has 1 N–H and O–H groups in total. The second kappa shape index (κ2) is 6.34. The van der Waals surface area contributed by atoms with Gasteiger partial charge < -0.3 is 4.90 Å². The van der Waals surface area contributed by atoms with E-state index in [0.29, 0.717) is 5.13 Å². The standard InChI is InChI=1S/C15H20N4OS2/c1-15(2)6-3-4-7-19(10-15)14(20)16-13-18-17-12(22-13)11-5-8-21-9-11/h5,8-9H,3-4,6-7,10H2,1-2H3,(H,16,18,20). The maximum absolute atomic E-state index is 12.5. The first-order valence-electron chi connectivity index (χ1n) is 7.45. The zero-order valence-corrected chi connectivity index (χ0v) is 14.5. The van der Waals surface area contributed by atoms with Crippen LogP contribution in [0.25, 0.3) is 10.6 Å². The molecular weight excluding hydrogens is 316 g/mol. The molecule has 0 spiro atoms. The minimum absolute atomic E-state index is 0.0667. The van der Waals surface area contributed by atoms with Crippen molar-refractivity contribution in [1.82, 2.24) is 15.1 Å². The molecule has 0 aromatic carbocycles. The van der Waals surface area contributed by atoms with Crippen molar-refractivity contribution in [3.63, 3.8) is 0 Å². The van der Waals surface area contributed by atoms with Crippen LogP contribution in [0.4, 0.5) is 9.93 Å². The fourth-order valence-electron chi connectivity index (χ4n) is 2.70. The summed E-state index contributed by atoms with van der Waals surface area (Å²) in [6, 6.07) is 1.94. The van der Waals surface area contributed by atoms with Crippen LogP contribution >= 0.6 is 22.7 Å². The molecule has 0 unspecified atom stereocenters. The highest BCUT2D eigenvalue weighted by Gasteiger charge is 2.27. The van der Waals surface area contributed by atoms with Crippen molar-refractivity contribution >= 4 is 33.8 Å². The average molecular weight is 336 g/mol. The number of urea groups is 1. The van der Waals surface area contributed by atoms with Gasteiger partial charge in [-0.2, -0.15) is 11.3 Å². The van der Waals surface area contributed by atoms with E-state index in [4.69, 9.17) is 0 Å². The number of thiophene rings is 1. The number of nitrogens with zero attached hydrogens (tertiary/aromatic N) is 3. The summed E-state index contributed by atoms with van der Waals surface area (Å²) in [6.07, 6.45) is 3.41. The molecule has 0 saturated carbocycles. The van der Waals surface area contributed by atoms with Crippen molar-refractivity contribution in [2.45, 2.75) is 33.1 Å². The molecule has 1 aliphatic heterocycles. The first-order chi connectivity index (χ1) is 10.5. The summed E-state index contributed by atoms with van der Waals surface area (Å²) in [6.45, 7) is 6.04. The summed E-state index contributed by atoms with van der Waals surface area (Å²) < 4.78 is 0. The van der Waals surface area contributed by atoms with Crippen molar-refractivity contribution in [2.24, 2.45) is 5.41 Å². The number of carbonyl (C=O) groups excluding carboxylic acids is 1. The maximum atomic E-state index is 12.5. The normalized spacial score (nSPS) is 18.0. The molecule has 1 aliphatic rings. The van der Waals surface area contributed by atoms with E-state index in [-0.39, 0.29) is 11.4 Å². The van der Waals surface area contributed by atoms with E-state index in [0.717, 1.165) is 36.5 Å². The Morgan fingerprint density at radius 3 is 3.00 bits per heavy atom. The van der Waals surface area contributed by atoms with Gasteiger partial charge in [0.1, 0.15) is 5.01 Å². The summed E-state index contributed by atoms with van der Waals surface area (Å²) in [5, 5.41) is 16.6. The number of anilines is 1. The molecule has 2 aromatic heterocycles. The van der Waals surface area contributed by atoms with Crippen molar-refractivity contribution in [1.29, 1.82) is 0 Å². The molecule has 3 rings (SSSR count). The molecule has 118 valence electrons. The lowest BCUT2D eigenvalue weighted by Crippen LogP contribution is -2.40. The van der Waals surface area contributed by atoms with Gasteiger partial charge in [-0.3, -0.25) is 5.32 Å². The highest BCUT2D eigenvalue weighted by Crippen LogP contribution is 2.30. The largest absolute Gasteiger partial charge is 0.324 e. The lowest BCUT2D eigenvalue weighted by Gasteiger charge is -2.29. The molecule has 7 heteroatoms. The Kier molecular flexibility index (Phi) is 4.44. The first kappa shape index (κ1) is 15.4. The van der Waals surface area contributed by atoms with E-state index < -0.39 is 0 Å². The lowest BCUT2D eigenvalue weighted by atomic mass is 9.88. The highest BCUT2D eigenvalue weighted by molar-refractivity contribution is 7.19. The quantitative estimate of drug-likeness (QED) is 0.889. The molecule has 3 heterocycles. The number of rotatable bonds is 2. The number of carbonyl (C=O) groups is 1. The highest BCUT2D eigenvalue weighted by atomic mass is 32.1.